The van der Waals surface area contributed by atoms with Gasteiger partial charge in [0.25, 0.3) is 0 Å². The Kier molecular flexibility index (Phi) is 2.89. The first-order valence-corrected chi connectivity index (χ1v) is 3.84. The standard InChI is InChI=1S/C7H9F3N4O/c8-7(9,10)15-6-5(13)4(12)1-3(2-11)14-6/h1H,2,11,13H2,(H2,12,14). The average molecular weight is 222 g/mol. The van der Waals surface area contributed by atoms with Gasteiger partial charge in [0.1, 0.15) is 5.69 Å². The number of anilines is 2. The number of hydrogen-bond acceptors (Lipinski definition) is 5. The molecule has 0 saturated heterocycles. The third kappa shape index (κ3) is 2.88. The lowest BCUT2D eigenvalue weighted by Gasteiger charge is -2.12. The fourth-order valence-corrected chi connectivity index (χ4v) is 0.896. The number of rotatable bonds is 2. The van der Waals surface area contributed by atoms with Gasteiger partial charge in [-0.15, -0.1) is 13.2 Å². The second kappa shape index (κ2) is 3.81. The topological polar surface area (TPSA) is 100 Å². The summed E-state index contributed by atoms with van der Waals surface area (Å²) in [6.07, 6.45) is -4.86. The van der Waals surface area contributed by atoms with E-state index in [4.69, 9.17) is 17.2 Å². The van der Waals surface area contributed by atoms with E-state index in [2.05, 4.69) is 9.72 Å². The van der Waals surface area contributed by atoms with Gasteiger partial charge in [-0.2, -0.15) is 0 Å². The molecule has 0 radical (unpaired) electrons. The van der Waals surface area contributed by atoms with E-state index in [1.165, 1.54) is 6.07 Å². The molecule has 0 aliphatic rings. The molecule has 0 bridgehead atoms. The number of halogens is 3. The molecular weight excluding hydrogens is 213 g/mol. The van der Waals surface area contributed by atoms with E-state index in [1.54, 1.807) is 0 Å². The van der Waals surface area contributed by atoms with Gasteiger partial charge in [-0.1, -0.05) is 0 Å². The van der Waals surface area contributed by atoms with Crippen molar-refractivity contribution in [2.24, 2.45) is 5.73 Å². The molecule has 0 atom stereocenters. The Balaban J connectivity index is 3.11. The molecule has 1 aromatic rings. The van der Waals surface area contributed by atoms with Crippen molar-refractivity contribution in [1.82, 2.24) is 4.98 Å². The van der Waals surface area contributed by atoms with E-state index >= 15 is 0 Å². The Hall–Kier alpha value is -1.70. The second-order valence-electron chi connectivity index (χ2n) is 2.67. The normalized spacial score (nSPS) is 11.5. The van der Waals surface area contributed by atoms with Crippen molar-refractivity contribution in [2.75, 3.05) is 11.5 Å². The Bertz CT molecular complexity index is 366. The third-order valence-electron chi connectivity index (χ3n) is 1.53. The van der Waals surface area contributed by atoms with Gasteiger partial charge in [0.05, 0.1) is 11.4 Å². The first-order chi connectivity index (χ1) is 6.83. The van der Waals surface area contributed by atoms with E-state index in [0.29, 0.717) is 0 Å². The highest BCUT2D eigenvalue weighted by Crippen LogP contribution is 2.30. The highest BCUT2D eigenvalue weighted by molar-refractivity contribution is 5.68. The van der Waals surface area contributed by atoms with Crippen molar-refractivity contribution in [3.63, 3.8) is 0 Å². The van der Waals surface area contributed by atoms with Crippen molar-refractivity contribution < 1.29 is 17.9 Å². The zero-order valence-electron chi connectivity index (χ0n) is 7.51. The van der Waals surface area contributed by atoms with Gasteiger partial charge in [-0.05, 0) is 6.07 Å². The van der Waals surface area contributed by atoms with Gasteiger partial charge < -0.3 is 21.9 Å². The molecule has 0 fully saturated rings. The summed E-state index contributed by atoms with van der Waals surface area (Å²) in [6.45, 7) is -0.0568. The van der Waals surface area contributed by atoms with Crippen LogP contribution in [0.15, 0.2) is 6.07 Å². The minimum Gasteiger partial charge on any atom is -0.397 e. The summed E-state index contributed by atoms with van der Waals surface area (Å²) in [5.74, 6) is -0.775. The van der Waals surface area contributed by atoms with Crippen LogP contribution in [0.2, 0.25) is 0 Å². The van der Waals surface area contributed by atoms with Crippen LogP contribution in [0.1, 0.15) is 5.69 Å². The van der Waals surface area contributed by atoms with Crippen LogP contribution in [0.3, 0.4) is 0 Å². The first kappa shape index (κ1) is 11.4. The Labute approximate surface area is 83.0 Å². The van der Waals surface area contributed by atoms with E-state index in [1.807, 2.05) is 0 Å². The van der Waals surface area contributed by atoms with Crippen LogP contribution < -0.4 is 21.9 Å². The molecule has 0 saturated carbocycles. The predicted octanol–water partition coefficient (Wildman–Crippen LogP) is 0.603. The summed E-state index contributed by atoms with van der Waals surface area (Å²) in [7, 11) is 0. The number of hydrogen-bond donors (Lipinski definition) is 3. The van der Waals surface area contributed by atoms with Crippen LogP contribution in [0.5, 0.6) is 5.88 Å². The molecule has 1 rings (SSSR count). The Morgan fingerprint density at radius 2 is 1.93 bits per heavy atom. The number of nitrogens with zero attached hydrogens (tertiary/aromatic N) is 1. The summed E-state index contributed by atoms with van der Waals surface area (Å²) in [4.78, 5) is 3.46. The molecule has 1 aromatic heterocycles. The molecule has 0 spiro atoms. The maximum atomic E-state index is 11.9. The van der Waals surface area contributed by atoms with Crippen LogP contribution in [-0.4, -0.2) is 11.3 Å². The molecule has 84 valence electrons. The van der Waals surface area contributed by atoms with Crippen LogP contribution in [0, 0.1) is 0 Å². The molecule has 0 aromatic carbocycles. The lowest BCUT2D eigenvalue weighted by Crippen LogP contribution is -2.20. The maximum absolute atomic E-state index is 11.9. The summed E-state index contributed by atoms with van der Waals surface area (Å²) < 4.78 is 39.3. The molecule has 6 N–H and O–H groups in total. The summed E-state index contributed by atoms with van der Waals surface area (Å²) in [6, 6.07) is 1.29. The fourth-order valence-electron chi connectivity index (χ4n) is 0.896. The first-order valence-electron chi connectivity index (χ1n) is 3.84. The average Bonchev–Trinajstić information content (AvgIpc) is 2.10. The molecule has 0 aliphatic carbocycles. The number of ether oxygens (including phenoxy) is 1. The van der Waals surface area contributed by atoms with Crippen molar-refractivity contribution in [1.29, 1.82) is 0 Å². The molecule has 0 unspecified atom stereocenters. The van der Waals surface area contributed by atoms with E-state index in [0.717, 1.165) is 0 Å². The lowest BCUT2D eigenvalue weighted by atomic mass is 10.3. The molecule has 5 nitrogen and oxygen atoms in total. The van der Waals surface area contributed by atoms with Crippen molar-refractivity contribution in [3.8, 4) is 5.88 Å². The zero-order valence-corrected chi connectivity index (χ0v) is 7.51. The highest BCUT2D eigenvalue weighted by Gasteiger charge is 2.33. The minimum absolute atomic E-state index is 0.0512. The van der Waals surface area contributed by atoms with Crippen LogP contribution in [-0.2, 0) is 6.54 Å². The molecule has 8 heteroatoms. The lowest BCUT2D eigenvalue weighted by molar-refractivity contribution is -0.275. The van der Waals surface area contributed by atoms with Gasteiger partial charge >= 0.3 is 6.36 Å². The zero-order chi connectivity index (χ0) is 11.6. The molecule has 0 aliphatic heterocycles. The number of nitrogens with two attached hydrogens (primary N) is 3. The van der Waals surface area contributed by atoms with Crippen molar-refractivity contribution >= 4 is 11.4 Å². The molecule has 1 heterocycles. The van der Waals surface area contributed by atoms with E-state index < -0.39 is 12.2 Å². The predicted molar refractivity (Wildman–Crippen MR) is 47.6 cm³/mol. The second-order valence-corrected chi connectivity index (χ2v) is 2.67. The van der Waals surface area contributed by atoms with Crippen LogP contribution >= 0.6 is 0 Å². The summed E-state index contributed by atoms with van der Waals surface area (Å²) in [5, 5.41) is 0. The summed E-state index contributed by atoms with van der Waals surface area (Å²) in [5.41, 5.74) is 15.6. The maximum Gasteiger partial charge on any atom is 0.574 e. The van der Waals surface area contributed by atoms with Gasteiger partial charge in [-0.3, -0.25) is 0 Å². The van der Waals surface area contributed by atoms with Crippen LogP contribution in [0.25, 0.3) is 0 Å². The smallest absolute Gasteiger partial charge is 0.397 e. The number of nitrogen functional groups attached to an aromatic ring is 2. The summed E-state index contributed by atoms with van der Waals surface area (Å²) >= 11 is 0. The van der Waals surface area contributed by atoms with Gasteiger partial charge in [0.15, 0.2) is 0 Å². The number of alkyl halides is 3. The fraction of sp³-hybridized carbons (Fsp3) is 0.286. The SMILES string of the molecule is NCc1cc(N)c(N)c(OC(F)(F)F)n1. The Morgan fingerprint density at radius 1 is 1.33 bits per heavy atom. The van der Waals surface area contributed by atoms with Gasteiger partial charge in [-0.25, -0.2) is 4.98 Å². The van der Waals surface area contributed by atoms with E-state index in [-0.39, 0.29) is 23.6 Å². The molecule has 15 heavy (non-hydrogen) atoms. The molecule has 0 amide bonds. The van der Waals surface area contributed by atoms with Crippen LogP contribution in [0.4, 0.5) is 24.5 Å². The largest absolute Gasteiger partial charge is 0.574 e. The number of pyridine rings is 1. The minimum atomic E-state index is -4.86. The monoisotopic (exact) mass is 222 g/mol. The van der Waals surface area contributed by atoms with E-state index in [9.17, 15) is 13.2 Å². The van der Waals surface area contributed by atoms with Crippen molar-refractivity contribution in [3.05, 3.63) is 11.8 Å². The highest BCUT2D eigenvalue weighted by atomic mass is 19.4. The Morgan fingerprint density at radius 3 is 2.40 bits per heavy atom. The number of aromatic nitrogens is 1. The molecular formula is C7H9F3N4O. The third-order valence-corrected chi connectivity index (χ3v) is 1.53. The van der Waals surface area contributed by atoms with Crippen molar-refractivity contribution in [2.45, 2.75) is 12.9 Å². The van der Waals surface area contributed by atoms with Gasteiger partial charge in [0, 0.05) is 6.54 Å². The quantitative estimate of drug-likeness (QED) is 0.680. The van der Waals surface area contributed by atoms with Gasteiger partial charge in [0.2, 0.25) is 5.88 Å².